The van der Waals surface area contributed by atoms with Gasteiger partial charge in [-0.15, -0.1) is 0 Å². The summed E-state index contributed by atoms with van der Waals surface area (Å²) in [6.07, 6.45) is 0. The van der Waals surface area contributed by atoms with Gasteiger partial charge in [-0.3, -0.25) is 9.63 Å². The highest BCUT2D eigenvalue weighted by Gasteiger charge is 2.40. The molecule has 4 heteroatoms. The summed E-state index contributed by atoms with van der Waals surface area (Å²) >= 11 is 0. The van der Waals surface area contributed by atoms with Gasteiger partial charge < -0.3 is 4.74 Å². The van der Waals surface area contributed by atoms with E-state index in [0.29, 0.717) is 19.8 Å². The van der Waals surface area contributed by atoms with Crippen molar-refractivity contribution >= 4 is 5.91 Å². The second-order valence-corrected chi connectivity index (χ2v) is 6.42. The summed E-state index contributed by atoms with van der Waals surface area (Å²) in [5.41, 5.74) is 1.72. The van der Waals surface area contributed by atoms with Gasteiger partial charge >= 0.3 is 0 Å². The molecule has 120 valence electrons. The van der Waals surface area contributed by atoms with Gasteiger partial charge in [-0.1, -0.05) is 42.5 Å². The van der Waals surface area contributed by atoms with Crippen LogP contribution in [0.25, 0.3) is 0 Å². The highest BCUT2D eigenvalue weighted by molar-refractivity contribution is 5.82. The van der Waals surface area contributed by atoms with Crippen LogP contribution < -0.4 is 4.74 Å². The topological polar surface area (TPSA) is 38.8 Å². The quantitative estimate of drug-likeness (QED) is 0.847. The van der Waals surface area contributed by atoms with Gasteiger partial charge in [0.2, 0.25) is 0 Å². The molecular formula is C19H21NO3. The molecule has 0 aliphatic carbocycles. The van der Waals surface area contributed by atoms with E-state index in [1.54, 1.807) is 0 Å². The minimum absolute atomic E-state index is 0.0295. The Morgan fingerprint density at radius 2 is 1.74 bits per heavy atom. The Balaban J connectivity index is 1.56. The fraction of sp³-hybridized carbons (Fsp3) is 0.316. The van der Waals surface area contributed by atoms with Crippen LogP contribution in [0.1, 0.15) is 25.0 Å². The van der Waals surface area contributed by atoms with Crippen molar-refractivity contribution in [2.75, 3.05) is 6.61 Å². The molecule has 0 bridgehead atoms. The maximum absolute atomic E-state index is 12.1. The van der Waals surface area contributed by atoms with Gasteiger partial charge in [0.05, 0.1) is 18.6 Å². The number of carbonyl (C=O) groups is 1. The molecule has 1 saturated heterocycles. The van der Waals surface area contributed by atoms with Gasteiger partial charge in [-0.2, -0.15) is 0 Å². The largest absolute Gasteiger partial charge is 0.489 e. The number of benzene rings is 2. The number of amides is 1. The van der Waals surface area contributed by atoms with Gasteiger partial charge in [0.1, 0.15) is 12.4 Å². The van der Waals surface area contributed by atoms with Crippen molar-refractivity contribution in [3.63, 3.8) is 0 Å². The molecule has 3 rings (SSSR count). The molecule has 4 nitrogen and oxygen atoms in total. The van der Waals surface area contributed by atoms with E-state index >= 15 is 0 Å². The second-order valence-electron chi connectivity index (χ2n) is 6.42. The lowest BCUT2D eigenvalue weighted by Gasteiger charge is -2.16. The minimum Gasteiger partial charge on any atom is -0.489 e. The molecule has 1 aliphatic rings. The Hall–Kier alpha value is -2.33. The maximum atomic E-state index is 12.1. The highest BCUT2D eigenvalue weighted by atomic mass is 16.7. The lowest BCUT2D eigenvalue weighted by molar-refractivity contribution is -0.165. The molecule has 0 radical (unpaired) electrons. The Morgan fingerprint density at radius 1 is 1.04 bits per heavy atom. The molecule has 1 heterocycles. The maximum Gasteiger partial charge on any atom is 0.254 e. The van der Waals surface area contributed by atoms with Crippen molar-refractivity contribution in [1.82, 2.24) is 5.06 Å². The summed E-state index contributed by atoms with van der Waals surface area (Å²) in [7, 11) is 0. The van der Waals surface area contributed by atoms with Gasteiger partial charge in [-0.25, -0.2) is 5.06 Å². The van der Waals surface area contributed by atoms with Crippen LogP contribution in [0.5, 0.6) is 5.75 Å². The molecule has 0 saturated carbocycles. The Bertz CT molecular complexity index is 665. The molecule has 2 aromatic rings. The fourth-order valence-electron chi connectivity index (χ4n) is 2.41. The lowest BCUT2D eigenvalue weighted by Crippen LogP contribution is -2.30. The Morgan fingerprint density at radius 3 is 2.35 bits per heavy atom. The average molecular weight is 311 g/mol. The molecule has 0 spiro atoms. The van der Waals surface area contributed by atoms with Crippen LogP contribution in [0.4, 0.5) is 0 Å². The molecular weight excluding hydrogens is 290 g/mol. The third kappa shape index (κ3) is 3.71. The molecule has 0 unspecified atom stereocenters. The first kappa shape index (κ1) is 15.6. The number of hydrogen-bond donors (Lipinski definition) is 0. The third-order valence-electron chi connectivity index (χ3n) is 3.88. The van der Waals surface area contributed by atoms with Crippen LogP contribution in [-0.4, -0.2) is 17.6 Å². The molecule has 0 N–H and O–H groups in total. The molecule has 0 atom stereocenters. The van der Waals surface area contributed by atoms with Crippen molar-refractivity contribution in [2.24, 2.45) is 5.41 Å². The van der Waals surface area contributed by atoms with Gasteiger partial charge in [0.25, 0.3) is 5.91 Å². The molecule has 23 heavy (non-hydrogen) atoms. The highest BCUT2D eigenvalue weighted by Crippen LogP contribution is 2.28. The number of hydrogen-bond acceptors (Lipinski definition) is 3. The van der Waals surface area contributed by atoms with Crippen molar-refractivity contribution in [1.29, 1.82) is 0 Å². The normalized spacial score (nSPS) is 16.6. The molecule has 1 amide bonds. The predicted octanol–water partition coefficient (Wildman–Crippen LogP) is 3.57. The molecule has 1 aliphatic heterocycles. The minimum atomic E-state index is -0.432. The van der Waals surface area contributed by atoms with Gasteiger partial charge in [0.15, 0.2) is 0 Å². The zero-order chi connectivity index (χ0) is 16.3. The third-order valence-corrected chi connectivity index (χ3v) is 3.88. The smallest absolute Gasteiger partial charge is 0.254 e. The summed E-state index contributed by atoms with van der Waals surface area (Å²) in [5.74, 6) is 0.841. The van der Waals surface area contributed by atoms with Gasteiger partial charge in [-0.05, 0) is 37.1 Å². The van der Waals surface area contributed by atoms with E-state index in [0.717, 1.165) is 16.9 Å². The van der Waals surface area contributed by atoms with E-state index in [2.05, 4.69) is 0 Å². The first-order valence-corrected chi connectivity index (χ1v) is 7.75. The Labute approximate surface area is 136 Å². The SMILES string of the molecule is CC1(C)CON(Cc2ccc(OCc3ccccc3)cc2)C1=O. The van der Waals surface area contributed by atoms with E-state index < -0.39 is 5.41 Å². The number of carbonyl (C=O) groups excluding carboxylic acids is 1. The zero-order valence-corrected chi connectivity index (χ0v) is 13.5. The molecule has 2 aromatic carbocycles. The number of nitrogens with zero attached hydrogens (tertiary/aromatic N) is 1. The first-order chi connectivity index (χ1) is 11.0. The Kier molecular flexibility index (Phi) is 4.35. The van der Waals surface area contributed by atoms with E-state index in [4.69, 9.17) is 9.57 Å². The summed E-state index contributed by atoms with van der Waals surface area (Å²) in [5, 5.41) is 1.44. The van der Waals surface area contributed by atoms with Crippen LogP contribution in [0.3, 0.4) is 0 Å². The van der Waals surface area contributed by atoms with Crippen LogP contribution >= 0.6 is 0 Å². The van der Waals surface area contributed by atoms with E-state index in [1.807, 2.05) is 68.4 Å². The van der Waals surface area contributed by atoms with Crippen LogP contribution in [0.2, 0.25) is 0 Å². The zero-order valence-electron chi connectivity index (χ0n) is 13.5. The number of rotatable bonds is 5. The summed E-state index contributed by atoms with van der Waals surface area (Å²) in [4.78, 5) is 17.6. The van der Waals surface area contributed by atoms with Crippen molar-refractivity contribution < 1.29 is 14.4 Å². The summed E-state index contributed by atoms with van der Waals surface area (Å²) in [6.45, 7) is 5.24. The molecule has 1 fully saturated rings. The first-order valence-electron chi connectivity index (χ1n) is 7.75. The van der Waals surface area contributed by atoms with E-state index in [-0.39, 0.29) is 5.91 Å². The van der Waals surface area contributed by atoms with E-state index in [9.17, 15) is 4.79 Å². The summed E-state index contributed by atoms with van der Waals surface area (Å²) < 4.78 is 5.76. The predicted molar refractivity (Wildman–Crippen MR) is 87.5 cm³/mol. The van der Waals surface area contributed by atoms with Gasteiger partial charge in [0, 0.05) is 0 Å². The standard InChI is InChI=1S/C19H21NO3/c1-19(2)14-23-20(18(19)21)12-15-8-10-17(11-9-15)22-13-16-6-4-3-5-7-16/h3-11H,12-14H2,1-2H3. The van der Waals surface area contributed by atoms with Crippen LogP contribution in [0, 0.1) is 5.41 Å². The van der Waals surface area contributed by atoms with Crippen LogP contribution in [-0.2, 0) is 22.8 Å². The van der Waals surface area contributed by atoms with Crippen molar-refractivity contribution in [3.05, 3.63) is 65.7 Å². The second kappa shape index (κ2) is 6.42. The number of hydroxylamine groups is 2. The van der Waals surface area contributed by atoms with Crippen molar-refractivity contribution in [2.45, 2.75) is 27.0 Å². The monoisotopic (exact) mass is 311 g/mol. The van der Waals surface area contributed by atoms with Crippen molar-refractivity contribution in [3.8, 4) is 5.75 Å². The average Bonchev–Trinajstić information content (AvgIpc) is 2.82. The fourth-order valence-corrected chi connectivity index (χ4v) is 2.41. The van der Waals surface area contributed by atoms with E-state index in [1.165, 1.54) is 5.06 Å². The lowest BCUT2D eigenvalue weighted by atomic mass is 9.95. The van der Waals surface area contributed by atoms with Crippen LogP contribution in [0.15, 0.2) is 54.6 Å². The molecule has 0 aromatic heterocycles. The number of ether oxygens (including phenoxy) is 1. The summed E-state index contributed by atoms with van der Waals surface area (Å²) in [6, 6.07) is 17.8.